The van der Waals surface area contributed by atoms with Crippen molar-refractivity contribution in [1.29, 1.82) is 0 Å². The normalized spacial score (nSPS) is 19.5. The first-order chi connectivity index (χ1) is 9.22. The van der Waals surface area contributed by atoms with Crippen LogP contribution in [-0.4, -0.2) is 7.11 Å². The van der Waals surface area contributed by atoms with Gasteiger partial charge in [-0.05, 0) is 36.5 Å². The van der Waals surface area contributed by atoms with E-state index in [0.717, 1.165) is 10.8 Å². The van der Waals surface area contributed by atoms with Crippen LogP contribution in [0.1, 0.15) is 55.3 Å². The molecule has 1 aliphatic rings. The van der Waals surface area contributed by atoms with Gasteiger partial charge in [-0.15, -0.1) is 0 Å². The Kier molecular flexibility index (Phi) is 6.03. The first-order valence-electron chi connectivity index (χ1n) is 7.20. The van der Waals surface area contributed by atoms with Crippen LogP contribution in [0, 0.1) is 5.92 Å². The van der Waals surface area contributed by atoms with Crippen molar-refractivity contribution in [3.63, 3.8) is 0 Å². The third kappa shape index (κ3) is 4.13. The second-order valence-corrected chi connectivity index (χ2v) is 6.79. The van der Waals surface area contributed by atoms with E-state index in [4.69, 9.17) is 16.3 Å². The molecule has 0 spiro atoms. The molecule has 3 heteroatoms. The van der Waals surface area contributed by atoms with Gasteiger partial charge >= 0.3 is 0 Å². The lowest BCUT2D eigenvalue weighted by Gasteiger charge is -2.25. The Morgan fingerprint density at radius 2 is 1.79 bits per heavy atom. The summed E-state index contributed by atoms with van der Waals surface area (Å²) in [6.07, 6.45) is 9.47. The second-order valence-electron chi connectivity index (χ2n) is 5.39. The van der Waals surface area contributed by atoms with Crippen molar-refractivity contribution < 1.29 is 4.74 Å². The van der Waals surface area contributed by atoms with Gasteiger partial charge in [0.1, 0.15) is 5.75 Å². The Balaban J connectivity index is 2.10. The van der Waals surface area contributed by atoms with E-state index in [1.165, 1.54) is 50.5 Å². The molecule has 0 radical (unpaired) electrons. The van der Waals surface area contributed by atoms with E-state index in [-0.39, 0.29) is 0 Å². The van der Waals surface area contributed by atoms with Crippen LogP contribution >= 0.6 is 27.5 Å². The fourth-order valence-electron chi connectivity index (χ4n) is 2.89. The van der Waals surface area contributed by atoms with Crippen LogP contribution in [0.3, 0.4) is 0 Å². The van der Waals surface area contributed by atoms with Crippen molar-refractivity contribution >= 4 is 27.5 Å². The molecule has 1 fully saturated rings. The molecule has 0 bridgehead atoms. The van der Waals surface area contributed by atoms with Crippen molar-refractivity contribution in [3.05, 3.63) is 28.8 Å². The summed E-state index contributed by atoms with van der Waals surface area (Å²) in [7, 11) is 1.67. The Bertz CT molecular complexity index is 400. The molecule has 1 atom stereocenters. The second kappa shape index (κ2) is 7.54. The lowest BCUT2D eigenvalue weighted by atomic mass is 9.86. The van der Waals surface area contributed by atoms with Gasteiger partial charge in [0.25, 0.3) is 0 Å². The molecule has 1 aromatic rings. The maximum atomic E-state index is 6.39. The van der Waals surface area contributed by atoms with Crippen molar-refractivity contribution in [2.24, 2.45) is 5.92 Å². The van der Waals surface area contributed by atoms with Crippen LogP contribution in [0.5, 0.6) is 5.75 Å². The fraction of sp³-hybridized carbons (Fsp3) is 0.625. The molecule has 0 amide bonds. The minimum Gasteiger partial charge on any atom is -0.497 e. The molecular weight excluding hydrogens is 324 g/mol. The van der Waals surface area contributed by atoms with Crippen LogP contribution in [-0.2, 0) is 0 Å². The van der Waals surface area contributed by atoms with E-state index < -0.39 is 0 Å². The monoisotopic (exact) mass is 344 g/mol. The maximum Gasteiger partial charge on any atom is 0.120 e. The van der Waals surface area contributed by atoms with E-state index >= 15 is 0 Å². The number of ether oxygens (including phenoxy) is 1. The van der Waals surface area contributed by atoms with Crippen molar-refractivity contribution in [1.82, 2.24) is 0 Å². The summed E-state index contributed by atoms with van der Waals surface area (Å²) in [6, 6.07) is 6.01. The van der Waals surface area contributed by atoms with Crippen LogP contribution in [0.15, 0.2) is 18.2 Å². The zero-order chi connectivity index (χ0) is 13.7. The molecule has 0 aliphatic heterocycles. The van der Waals surface area contributed by atoms with Crippen molar-refractivity contribution in [3.8, 4) is 5.75 Å². The Morgan fingerprint density at radius 1 is 1.16 bits per heavy atom. The fourth-order valence-corrected chi connectivity index (χ4v) is 4.24. The van der Waals surface area contributed by atoms with Crippen LogP contribution in [0.25, 0.3) is 0 Å². The minimum absolute atomic E-state index is 0.365. The summed E-state index contributed by atoms with van der Waals surface area (Å²) >= 11 is 10.3. The molecule has 1 unspecified atom stereocenters. The topological polar surface area (TPSA) is 9.23 Å². The number of benzene rings is 1. The first kappa shape index (κ1) is 15.2. The molecule has 19 heavy (non-hydrogen) atoms. The van der Waals surface area contributed by atoms with E-state index in [2.05, 4.69) is 22.0 Å². The Morgan fingerprint density at radius 3 is 2.37 bits per heavy atom. The van der Waals surface area contributed by atoms with Gasteiger partial charge < -0.3 is 4.74 Å². The van der Waals surface area contributed by atoms with E-state index in [0.29, 0.717) is 10.7 Å². The smallest absolute Gasteiger partial charge is 0.120 e. The lowest BCUT2D eigenvalue weighted by Crippen LogP contribution is -2.10. The standard InChI is InChI=1S/C16H22BrClO/c1-19-13-9-10-14(15(18)11-13)16(17)12-7-5-3-2-4-6-8-12/h9-12,16H,2-8H2,1H3. The maximum absolute atomic E-state index is 6.39. The Labute approximate surface area is 129 Å². The zero-order valence-corrected chi connectivity index (χ0v) is 13.8. The van der Waals surface area contributed by atoms with Gasteiger partial charge in [-0.25, -0.2) is 0 Å². The minimum atomic E-state index is 0.365. The molecule has 106 valence electrons. The number of methoxy groups -OCH3 is 1. The highest BCUT2D eigenvalue weighted by molar-refractivity contribution is 9.09. The van der Waals surface area contributed by atoms with Crippen LogP contribution < -0.4 is 4.74 Å². The SMILES string of the molecule is COc1ccc(C(Br)C2CCCCCCC2)c(Cl)c1. The Hall–Kier alpha value is -0.210. The molecule has 0 aromatic heterocycles. The van der Waals surface area contributed by atoms with E-state index in [9.17, 15) is 0 Å². The summed E-state index contributed by atoms with van der Waals surface area (Å²) < 4.78 is 5.21. The summed E-state index contributed by atoms with van der Waals surface area (Å²) in [5.41, 5.74) is 1.20. The predicted molar refractivity (Wildman–Crippen MR) is 85.5 cm³/mol. The van der Waals surface area contributed by atoms with Gasteiger partial charge in [0.2, 0.25) is 0 Å². The first-order valence-corrected chi connectivity index (χ1v) is 8.49. The number of hydrogen-bond acceptors (Lipinski definition) is 1. The van der Waals surface area contributed by atoms with Crippen LogP contribution in [0.4, 0.5) is 0 Å². The van der Waals surface area contributed by atoms with Crippen molar-refractivity contribution in [2.45, 2.75) is 49.8 Å². The summed E-state index contributed by atoms with van der Waals surface area (Å²) in [6.45, 7) is 0. The third-order valence-corrected chi connectivity index (χ3v) is 5.64. The lowest BCUT2D eigenvalue weighted by molar-refractivity contribution is 0.374. The third-order valence-electron chi connectivity index (χ3n) is 4.07. The number of halogens is 2. The summed E-state index contributed by atoms with van der Waals surface area (Å²) in [5.74, 6) is 1.53. The number of alkyl halides is 1. The average Bonchev–Trinajstić information content (AvgIpc) is 2.37. The van der Waals surface area contributed by atoms with Crippen LogP contribution in [0.2, 0.25) is 5.02 Å². The average molecular weight is 346 g/mol. The van der Waals surface area contributed by atoms with Gasteiger partial charge in [0, 0.05) is 9.85 Å². The number of rotatable bonds is 3. The quantitative estimate of drug-likeness (QED) is 0.597. The highest BCUT2D eigenvalue weighted by Crippen LogP contribution is 2.42. The van der Waals surface area contributed by atoms with Gasteiger partial charge in [0.15, 0.2) is 0 Å². The highest BCUT2D eigenvalue weighted by Gasteiger charge is 2.23. The largest absolute Gasteiger partial charge is 0.497 e. The predicted octanol–water partition coefficient (Wildman–Crippen LogP) is 6.15. The molecule has 0 heterocycles. The van der Waals surface area contributed by atoms with Gasteiger partial charge in [-0.2, -0.15) is 0 Å². The summed E-state index contributed by atoms with van der Waals surface area (Å²) in [4.78, 5) is 0.365. The molecule has 1 saturated carbocycles. The molecule has 1 nitrogen and oxygen atoms in total. The van der Waals surface area contributed by atoms with Gasteiger partial charge in [-0.1, -0.05) is 65.7 Å². The van der Waals surface area contributed by atoms with E-state index in [1.54, 1.807) is 7.11 Å². The highest BCUT2D eigenvalue weighted by atomic mass is 79.9. The molecule has 0 saturated heterocycles. The zero-order valence-electron chi connectivity index (χ0n) is 11.5. The van der Waals surface area contributed by atoms with Gasteiger partial charge in [0.05, 0.1) is 7.11 Å². The van der Waals surface area contributed by atoms with Gasteiger partial charge in [-0.3, -0.25) is 0 Å². The summed E-state index contributed by atoms with van der Waals surface area (Å²) in [5, 5.41) is 0.809. The molecule has 2 rings (SSSR count). The molecule has 1 aliphatic carbocycles. The molecule has 1 aromatic carbocycles. The van der Waals surface area contributed by atoms with E-state index in [1.807, 2.05) is 12.1 Å². The number of hydrogen-bond donors (Lipinski definition) is 0. The van der Waals surface area contributed by atoms with Crippen molar-refractivity contribution in [2.75, 3.05) is 7.11 Å². The molecular formula is C16H22BrClO. The molecule has 0 N–H and O–H groups in total.